The van der Waals surface area contributed by atoms with Crippen LogP contribution in [-0.4, -0.2) is 39.9 Å². The molecule has 0 saturated carbocycles. The summed E-state index contributed by atoms with van der Waals surface area (Å²) in [6.07, 6.45) is 15.7. The number of rotatable bonds is 13. The molecule has 0 unspecified atom stereocenters. The highest BCUT2D eigenvalue weighted by Gasteiger charge is 1.97. The van der Waals surface area contributed by atoms with Gasteiger partial charge in [-0.3, -0.25) is 9.98 Å². The first-order valence-corrected chi connectivity index (χ1v) is 9.05. The van der Waals surface area contributed by atoms with Crippen molar-refractivity contribution in [2.24, 2.45) is 9.98 Å². The smallest absolute Gasteiger partial charge is 0.0956 e. The van der Waals surface area contributed by atoms with Crippen LogP contribution in [0.3, 0.4) is 0 Å². The van der Waals surface area contributed by atoms with Crippen molar-refractivity contribution in [3.63, 3.8) is 0 Å². The summed E-state index contributed by atoms with van der Waals surface area (Å²) in [7, 11) is 7.63. The van der Waals surface area contributed by atoms with Crippen molar-refractivity contribution in [2.75, 3.05) is 28.2 Å². The van der Waals surface area contributed by atoms with Gasteiger partial charge in [-0.15, -0.1) is 0 Å². The van der Waals surface area contributed by atoms with E-state index in [0.717, 1.165) is 24.5 Å². The van der Waals surface area contributed by atoms with Crippen LogP contribution in [0.2, 0.25) is 0 Å². The molecule has 0 radical (unpaired) electrons. The maximum atomic E-state index is 4.21. The standard InChI is InChI=1S/C18H38N4/c1-19-17(20-2)15-13-11-9-7-5-6-8-10-12-14-16-18(21-3)22-4/h5-16H2,1-4H3,(H,19,20)(H,21,22). The molecule has 4 heteroatoms. The fourth-order valence-electron chi connectivity index (χ4n) is 2.70. The van der Waals surface area contributed by atoms with Crippen LogP contribution in [0, 0.1) is 0 Å². The number of aliphatic imine (C=N–C) groups is 2. The molecule has 0 amide bonds. The molecule has 0 aromatic carbocycles. The molecule has 4 nitrogen and oxygen atoms in total. The molecule has 22 heavy (non-hydrogen) atoms. The van der Waals surface area contributed by atoms with E-state index in [1.807, 2.05) is 28.2 Å². The molecule has 0 bridgehead atoms. The Morgan fingerprint density at radius 2 is 0.818 bits per heavy atom. The lowest BCUT2D eigenvalue weighted by molar-refractivity contribution is 0.555. The molecule has 0 spiro atoms. The minimum absolute atomic E-state index is 1.10. The van der Waals surface area contributed by atoms with Crippen molar-refractivity contribution in [1.29, 1.82) is 0 Å². The summed E-state index contributed by atoms with van der Waals surface area (Å²) in [6, 6.07) is 0. The molecular formula is C18H38N4. The van der Waals surface area contributed by atoms with E-state index in [-0.39, 0.29) is 0 Å². The first-order chi connectivity index (χ1) is 10.8. The van der Waals surface area contributed by atoms with E-state index in [4.69, 9.17) is 0 Å². The van der Waals surface area contributed by atoms with Gasteiger partial charge in [0.25, 0.3) is 0 Å². The SMILES string of the molecule is CN=C(CCCCCCCCCCCCC(=NC)NC)NC. The molecule has 0 saturated heterocycles. The molecule has 0 aromatic heterocycles. The maximum absolute atomic E-state index is 4.21. The summed E-state index contributed by atoms with van der Waals surface area (Å²) in [5, 5.41) is 6.28. The van der Waals surface area contributed by atoms with Crippen LogP contribution in [0.1, 0.15) is 77.0 Å². The average Bonchev–Trinajstić information content (AvgIpc) is 2.55. The zero-order valence-electron chi connectivity index (χ0n) is 15.4. The number of hydrogen-bond donors (Lipinski definition) is 2. The normalized spacial score (nSPS) is 12.5. The lowest BCUT2D eigenvalue weighted by Gasteiger charge is -2.05. The van der Waals surface area contributed by atoms with Gasteiger partial charge < -0.3 is 10.6 Å². The van der Waals surface area contributed by atoms with Crippen molar-refractivity contribution in [3.05, 3.63) is 0 Å². The monoisotopic (exact) mass is 310 g/mol. The Balaban J connectivity index is 3.21. The lowest BCUT2D eigenvalue weighted by Crippen LogP contribution is -2.17. The van der Waals surface area contributed by atoms with Crippen LogP contribution >= 0.6 is 0 Å². The second-order valence-electron chi connectivity index (χ2n) is 5.88. The quantitative estimate of drug-likeness (QED) is 0.305. The van der Waals surface area contributed by atoms with Crippen molar-refractivity contribution >= 4 is 11.7 Å². The zero-order chi connectivity index (χ0) is 16.5. The van der Waals surface area contributed by atoms with E-state index in [2.05, 4.69) is 20.6 Å². The molecule has 0 aliphatic carbocycles. The van der Waals surface area contributed by atoms with Crippen LogP contribution < -0.4 is 10.6 Å². The number of hydrogen-bond acceptors (Lipinski definition) is 2. The first kappa shape index (κ1) is 20.9. The van der Waals surface area contributed by atoms with Gasteiger partial charge in [0.05, 0.1) is 11.7 Å². The fourth-order valence-corrected chi connectivity index (χ4v) is 2.70. The topological polar surface area (TPSA) is 48.8 Å². The van der Waals surface area contributed by atoms with E-state index < -0.39 is 0 Å². The highest BCUT2D eigenvalue weighted by Crippen LogP contribution is 2.12. The summed E-state index contributed by atoms with van der Waals surface area (Å²) < 4.78 is 0. The minimum Gasteiger partial charge on any atom is -0.377 e. The molecular weight excluding hydrogens is 272 g/mol. The Morgan fingerprint density at radius 3 is 1.05 bits per heavy atom. The number of nitrogens with zero attached hydrogens (tertiary/aromatic N) is 2. The maximum Gasteiger partial charge on any atom is 0.0956 e. The van der Waals surface area contributed by atoms with Crippen molar-refractivity contribution in [3.8, 4) is 0 Å². The predicted octanol–water partition coefficient (Wildman–Crippen LogP) is 4.16. The number of unbranched alkanes of at least 4 members (excludes halogenated alkanes) is 9. The van der Waals surface area contributed by atoms with Gasteiger partial charge in [-0.05, 0) is 12.8 Å². The lowest BCUT2D eigenvalue weighted by atomic mass is 10.0. The Labute approximate surface area is 138 Å². The van der Waals surface area contributed by atoms with Crippen LogP contribution in [0.4, 0.5) is 0 Å². The highest BCUT2D eigenvalue weighted by molar-refractivity contribution is 5.81. The van der Waals surface area contributed by atoms with E-state index in [1.54, 1.807) is 0 Å². The van der Waals surface area contributed by atoms with Gasteiger partial charge in [-0.1, -0.05) is 51.4 Å². The van der Waals surface area contributed by atoms with E-state index in [9.17, 15) is 0 Å². The summed E-state index contributed by atoms with van der Waals surface area (Å²) in [5.41, 5.74) is 0. The van der Waals surface area contributed by atoms with Gasteiger partial charge in [0.1, 0.15) is 0 Å². The van der Waals surface area contributed by atoms with Crippen molar-refractivity contribution < 1.29 is 0 Å². The van der Waals surface area contributed by atoms with E-state index in [0.29, 0.717) is 0 Å². The Hall–Kier alpha value is -1.06. The third-order valence-electron chi connectivity index (χ3n) is 4.19. The molecule has 0 atom stereocenters. The zero-order valence-corrected chi connectivity index (χ0v) is 15.4. The largest absolute Gasteiger partial charge is 0.377 e. The van der Waals surface area contributed by atoms with E-state index in [1.165, 1.54) is 64.2 Å². The van der Waals surface area contributed by atoms with Gasteiger partial charge in [-0.2, -0.15) is 0 Å². The van der Waals surface area contributed by atoms with Crippen LogP contribution in [0.25, 0.3) is 0 Å². The van der Waals surface area contributed by atoms with Crippen LogP contribution in [-0.2, 0) is 0 Å². The van der Waals surface area contributed by atoms with E-state index >= 15 is 0 Å². The fraction of sp³-hybridized carbons (Fsp3) is 0.889. The summed E-state index contributed by atoms with van der Waals surface area (Å²) in [5.74, 6) is 2.27. The minimum atomic E-state index is 1.10. The second-order valence-corrected chi connectivity index (χ2v) is 5.88. The van der Waals surface area contributed by atoms with Crippen LogP contribution in [0.5, 0.6) is 0 Å². The summed E-state index contributed by atoms with van der Waals surface area (Å²) in [4.78, 5) is 8.41. The highest BCUT2D eigenvalue weighted by atomic mass is 14.9. The third-order valence-corrected chi connectivity index (χ3v) is 4.19. The molecule has 0 aromatic rings. The molecule has 0 fully saturated rings. The predicted molar refractivity (Wildman–Crippen MR) is 100 cm³/mol. The summed E-state index contributed by atoms with van der Waals surface area (Å²) >= 11 is 0. The number of amidine groups is 2. The van der Waals surface area contributed by atoms with Gasteiger partial charge in [0.15, 0.2) is 0 Å². The Kier molecular flexibility index (Phi) is 15.5. The molecule has 0 heterocycles. The Bertz CT molecular complexity index is 267. The van der Waals surface area contributed by atoms with Gasteiger partial charge in [0, 0.05) is 41.0 Å². The van der Waals surface area contributed by atoms with Crippen molar-refractivity contribution in [2.45, 2.75) is 77.0 Å². The number of nitrogens with one attached hydrogen (secondary N) is 2. The molecule has 2 N–H and O–H groups in total. The van der Waals surface area contributed by atoms with Crippen molar-refractivity contribution in [1.82, 2.24) is 10.6 Å². The third kappa shape index (κ3) is 12.7. The molecule has 0 rings (SSSR count). The van der Waals surface area contributed by atoms with Crippen LogP contribution in [0.15, 0.2) is 9.98 Å². The summed E-state index contributed by atoms with van der Waals surface area (Å²) in [6.45, 7) is 0. The Morgan fingerprint density at radius 1 is 0.545 bits per heavy atom. The average molecular weight is 311 g/mol. The first-order valence-electron chi connectivity index (χ1n) is 9.05. The molecule has 130 valence electrons. The van der Waals surface area contributed by atoms with Gasteiger partial charge in [-0.25, -0.2) is 0 Å². The molecule has 0 aliphatic heterocycles. The second kappa shape index (κ2) is 16.3. The molecule has 0 aliphatic rings. The van der Waals surface area contributed by atoms with Gasteiger partial charge >= 0.3 is 0 Å². The van der Waals surface area contributed by atoms with Gasteiger partial charge in [0.2, 0.25) is 0 Å².